The van der Waals surface area contributed by atoms with Crippen LogP contribution < -0.4 is 5.32 Å². The maximum Gasteiger partial charge on any atom is 0.00381 e. The Balaban J connectivity index is 1.50. The molecule has 0 unspecified atom stereocenters. The predicted octanol–water partition coefficient (Wildman–Crippen LogP) is 2.25. The van der Waals surface area contributed by atoms with Gasteiger partial charge in [0.25, 0.3) is 0 Å². The Labute approximate surface area is 99.8 Å². The fourth-order valence-corrected chi connectivity index (χ4v) is 3.98. The van der Waals surface area contributed by atoms with Gasteiger partial charge in [0.2, 0.25) is 0 Å². The third-order valence-corrected chi connectivity index (χ3v) is 5.13. The number of rotatable bonds is 2. The monoisotopic (exact) mass is 222 g/mol. The maximum atomic E-state index is 3.47. The topological polar surface area (TPSA) is 15.3 Å². The first-order chi connectivity index (χ1) is 7.86. The molecule has 1 aliphatic carbocycles. The van der Waals surface area contributed by atoms with Crippen LogP contribution in [-0.2, 0) is 0 Å². The molecule has 0 aromatic rings. The first-order valence-electron chi connectivity index (χ1n) is 7.29. The van der Waals surface area contributed by atoms with Crippen molar-refractivity contribution < 1.29 is 0 Å². The van der Waals surface area contributed by atoms with Gasteiger partial charge in [0.15, 0.2) is 0 Å². The molecule has 2 saturated heterocycles. The molecule has 1 saturated carbocycles. The zero-order valence-corrected chi connectivity index (χ0v) is 10.5. The number of piperidine rings is 2. The van der Waals surface area contributed by atoms with E-state index in [9.17, 15) is 0 Å². The van der Waals surface area contributed by atoms with Crippen LogP contribution in [0.25, 0.3) is 0 Å². The lowest BCUT2D eigenvalue weighted by Gasteiger charge is -2.49. The van der Waals surface area contributed by atoms with E-state index in [1.165, 1.54) is 77.7 Å². The number of likely N-dealkylation sites (tertiary alicyclic amines) is 1. The largest absolute Gasteiger partial charge is 0.317 e. The second-order valence-electron chi connectivity index (χ2n) is 6.39. The maximum absolute atomic E-state index is 3.47. The van der Waals surface area contributed by atoms with Crippen LogP contribution in [0.3, 0.4) is 0 Å². The molecule has 2 nitrogen and oxygen atoms in total. The van der Waals surface area contributed by atoms with Crippen LogP contribution in [0.5, 0.6) is 0 Å². The minimum atomic E-state index is 0.783. The van der Waals surface area contributed by atoms with Gasteiger partial charge in [-0.1, -0.05) is 6.42 Å². The Morgan fingerprint density at radius 3 is 2.50 bits per heavy atom. The highest BCUT2D eigenvalue weighted by Crippen LogP contribution is 2.47. The van der Waals surface area contributed by atoms with E-state index >= 15 is 0 Å². The average Bonchev–Trinajstić information content (AvgIpc) is 2.29. The Bertz CT molecular complexity index is 229. The van der Waals surface area contributed by atoms with Crippen LogP contribution in [-0.4, -0.2) is 37.6 Å². The summed E-state index contributed by atoms with van der Waals surface area (Å²) in [5.74, 6) is 0.983. The average molecular weight is 222 g/mol. The quantitative estimate of drug-likeness (QED) is 0.771. The summed E-state index contributed by atoms with van der Waals surface area (Å²) in [6.45, 7) is 6.71. The SMILES string of the molecule is C1CN(CC2CCNCC2)CC2(C1)CCC2. The van der Waals surface area contributed by atoms with Crippen molar-refractivity contribution in [1.29, 1.82) is 0 Å². The van der Waals surface area contributed by atoms with E-state index in [0.29, 0.717) is 0 Å². The van der Waals surface area contributed by atoms with E-state index in [4.69, 9.17) is 0 Å². The summed E-state index contributed by atoms with van der Waals surface area (Å²) in [6, 6.07) is 0. The van der Waals surface area contributed by atoms with Crippen LogP contribution in [0.15, 0.2) is 0 Å². The third kappa shape index (κ3) is 2.28. The highest BCUT2D eigenvalue weighted by molar-refractivity contribution is 4.93. The van der Waals surface area contributed by atoms with E-state index < -0.39 is 0 Å². The Morgan fingerprint density at radius 2 is 1.81 bits per heavy atom. The molecular weight excluding hydrogens is 196 g/mol. The molecule has 0 radical (unpaired) electrons. The molecule has 16 heavy (non-hydrogen) atoms. The highest BCUT2D eigenvalue weighted by atomic mass is 15.1. The zero-order chi connectivity index (χ0) is 10.8. The lowest BCUT2D eigenvalue weighted by Crippen LogP contribution is -2.49. The molecule has 0 aromatic heterocycles. The summed E-state index contributed by atoms with van der Waals surface area (Å²) in [7, 11) is 0. The second kappa shape index (κ2) is 4.66. The van der Waals surface area contributed by atoms with Crippen molar-refractivity contribution >= 4 is 0 Å². The van der Waals surface area contributed by atoms with Gasteiger partial charge in [-0.05, 0) is 69.5 Å². The van der Waals surface area contributed by atoms with Gasteiger partial charge in [-0.15, -0.1) is 0 Å². The van der Waals surface area contributed by atoms with Gasteiger partial charge in [-0.25, -0.2) is 0 Å². The molecule has 0 atom stereocenters. The van der Waals surface area contributed by atoms with Crippen molar-refractivity contribution in [1.82, 2.24) is 10.2 Å². The Hall–Kier alpha value is -0.0800. The van der Waals surface area contributed by atoms with Crippen LogP contribution >= 0.6 is 0 Å². The molecule has 0 bridgehead atoms. The summed E-state index contributed by atoms with van der Waals surface area (Å²) < 4.78 is 0. The van der Waals surface area contributed by atoms with Gasteiger partial charge in [0, 0.05) is 13.1 Å². The summed E-state index contributed by atoms with van der Waals surface area (Å²) in [4.78, 5) is 2.79. The lowest BCUT2D eigenvalue weighted by atomic mass is 9.64. The van der Waals surface area contributed by atoms with Crippen molar-refractivity contribution in [2.45, 2.75) is 44.9 Å². The first kappa shape index (κ1) is 11.0. The van der Waals surface area contributed by atoms with Crippen LogP contribution in [0, 0.1) is 11.3 Å². The van der Waals surface area contributed by atoms with Crippen LogP contribution in [0.2, 0.25) is 0 Å². The van der Waals surface area contributed by atoms with Gasteiger partial charge < -0.3 is 10.2 Å². The fraction of sp³-hybridized carbons (Fsp3) is 1.00. The molecule has 2 aliphatic heterocycles. The third-order valence-electron chi connectivity index (χ3n) is 5.13. The molecule has 1 N–H and O–H groups in total. The van der Waals surface area contributed by atoms with Crippen molar-refractivity contribution in [2.24, 2.45) is 11.3 Å². The van der Waals surface area contributed by atoms with E-state index in [1.54, 1.807) is 0 Å². The van der Waals surface area contributed by atoms with Crippen LogP contribution in [0.1, 0.15) is 44.9 Å². The minimum Gasteiger partial charge on any atom is -0.317 e. The standard InChI is InChI=1S/C14H26N2/c1-5-14(6-1)7-2-10-16(12-14)11-13-3-8-15-9-4-13/h13,15H,1-12H2. The predicted molar refractivity (Wildman–Crippen MR) is 67.6 cm³/mol. The second-order valence-corrected chi connectivity index (χ2v) is 6.39. The van der Waals surface area contributed by atoms with Crippen molar-refractivity contribution in [3.8, 4) is 0 Å². The fourth-order valence-electron chi connectivity index (χ4n) is 3.98. The smallest absolute Gasteiger partial charge is 0.00381 e. The van der Waals surface area contributed by atoms with Crippen molar-refractivity contribution in [3.05, 3.63) is 0 Å². The summed E-state index contributed by atoms with van der Waals surface area (Å²) >= 11 is 0. The summed E-state index contributed by atoms with van der Waals surface area (Å²) in [5.41, 5.74) is 0.783. The normalized spacial score (nSPS) is 31.5. The number of hydrogen-bond acceptors (Lipinski definition) is 2. The molecule has 3 rings (SSSR count). The van der Waals surface area contributed by atoms with E-state index in [0.717, 1.165) is 11.3 Å². The zero-order valence-electron chi connectivity index (χ0n) is 10.5. The van der Waals surface area contributed by atoms with Crippen LogP contribution in [0.4, 0.5) is 0 Å². The number of hydrogen-bond donors (Lipinski definition) is 1. The van der Waals surface area contributed by atoms with Gasteiger partial charge in [0.1, 0.15) is 0 Å². The molecule has 3 aliphatic rings. The summed E-state index contributed by atoms with van der Waals surface area (Å²) in [6.07, 6.45) is 10.3. The number of nitrogens with zero attached hydrogens (tertiary/aromatic N) is 1. The molecule has 2 heterocycles. The first-order valence-corrected chi connectivity index (χ1v) is 7.29. The molecule has 2 heteroatoms. The number of nitrogens with one attached hydrogen (secondary N) is 1. The van der Waals surface area contributed by atoms with Gasteiger partial charge in [0.05, 0.1) is 0 Å². The van der Waals surface area contributed by atoms with E-state index in [-0.39, 0.29) is 0 Å². The van der Waals surface area contributed by atoms with Crippen molar-refractivity contribution in [2.75, 3.05) is 32.7 Å². The van der Waals surface area contributed by atoms with Crippen molar-refractivity contribution in [3.63, 3.8) is 0 Å². The van der Waals surface area contributed by atoms with E-state index in [2.05, 4.69) is 10.2 Å². The molecule has 0 amide bonds. The molecule has 3 fully saturated rings. The molecule has 92 valence electrons. The molecule has 1 spiro atoms. The van der Waals surface area contributed by atoms with E-state index in [1.807, 2.05) is 0 Å². The lowest BCUT2D eigenvalue weighted by molar-refractivity contribution is 0.0115. The highest BCUT2D eigenvalue weighted by Gasteiger charge is 2.40. The Morgan fingerprint density at radius 1 is 1.06 bits per heavy atom. The Kier molecular flexibility index (Phi) is 3.21. The molecular formula is C14H26N2. The van der Waals surface area contributed by atoms with Gasteiger partial charge >= 0.3 is 0 Å². The van der Waals surface area contributed by atoms with Gasteiger partial charge in [-0.3, -0.25) is 0 Å². The summed E-state index contributed by atoms with van der Waals surface area (Å²) in [5, 5.41) is 3.47. The molecule has 0 aromatic carbocycles. The minimum absolute atomic E-state index is 0.783. The van der Waals surface area contributed by atoms with Gasteiger partial charge in [-0.2, -0.15) is 0 Å².